The molecule has 1 aliphatic rings. The van der Waals surface area contributed by atoms with E-state index in [0.717, 1.165) is 16.6 Å². The smallest absolute Gasteiger partial charge is 0.0950 e. The zero-order valence-corrected chi connectivity index (χ0v) is 11.7. The average molecular weight is 271 g/mol. The van der Waals surface area contributed by atoms with Crippen molar-refractivity contribution >= 4 is 16.6 Å². The molecule has 0 atom stereocenters. The van der Waals surface area contributed by atoms with Crippen molar-refractivity contribution < 1.29 is 5.11 Å². The van der Waals surface area contributed by atoms with Crippen LogP contribution in [-0.2, 0) is 0 Å². The maximum absolute atomic E-state index is 9.42. The summed E-state index contributed by atoms with van der Waals surface area (Å²) in [5, 5.41) is 18.9. The molecule has 1 aromatic carbocycles. The lowest BCUT2D eigenvalue weighted by molar-refractivity contribution is 0.290. The molecule has 106 valence electrons. The topological polar surface area (TPSA) is 49.2 Å². The molecular formula is C16H21N3O. The van der Waals surface area contributed by atoms with E-state index in [2.05, 4.69) is 21.2 Å². The van der Waals surface area contributed by atoms with E-state index in [1.165, 1.54) is 32.1 Å². The second kappa shape index (κ2) is 6.18. The van der Waals surface area contributed by atoms with Crippen LogP contribution in [0.5, 0.6) is 0 Å². The number of aliphatic hydroxyl groups is 1. The highest BCUT2D eigenvalue weighted by atomic mass is 16.3. The monoisotopic (exact) mass is 271 g/mol. The lowest BCUT2D eigenvalue weighted by atomic mass is 9.93. The lowest BCUT2D eigenvalue weighted by Gasteiger charge is -2.36. The summed E-state index contributed by atoms with van der Waals surface area (Å²) >= 11 is 0. The molecule has 3 rings (SSSR count). The summed E-state index contributed by atoms with van der Waals surface area (Å²) in [6.45, 7) is 0.841. The molecule has 0 aliphatic heterocycles. The molecule has 0 spiro atoms. The van der Waals surface area contributed by atoms with E-state index in [9.17, 15) is 5.11 Å². The Balaban J connectivity index is 2.00. The summed E-state index contributed by atoms with van der Waals surface area (Å²) in [7, 11) is 0. The first-order valence-corrected chi connectivity index (χ1v) is 7.48. The van der Waals surface area contributed by atoms with Crippen LogP contribution in [-0.4, -0.2) is 34.5 Å². The molecule has 4 nitrogen and oxygen atoms in total. The van der Waals surface area contributed by atoms with Crippen LogP contribution in [0.3, 0.4) is 0 Å². The highest BCUT2D eigenvalue weighted by Crippen LogP contribution is 2.30. The van der Waals surface area contributed by atoms with Crippen LogP contribution >= 0.6 is 0 Å². The Morgan fingerprint density at radius 2 is 1.95 bits per heavy atom. The van der Waals surface area contributed by atoms with Gasteiger partial charge in [-0.1, -0.05) is 37.5 Å². The summed E-state index contributed by atoms with van der Waals surface area (Å²) in [4.78, 5) is 2.33. The predicted molar refractivity (Wildman–Crippen MR) is 80.8 cm³/mol. The van der Waals surface area contributed by atoms with Gasteiger partial charge in [0.1, 0.15) is 0 Å². The molecule has 2 aromatic rings. The molecule has 0 saturated heterocycles. The number of hydrogen-bond acceptors (Lipinski definition) is 4. The fraction of sp³-hybridized carbons (Fsp3) is 0.500. The molecule has 20 heavy (non-hydrogen) atoms. The third kappa shape index (κ3) is 2.61. The van der Waals surface area contributed by atoms with E-state index in [1.54, 1.807) is 0 Å². The van der Waals surface area contributed by atoms with Crippen molar-refractivity contribution in [1.82, 2.24) is 10.2 Å². The van der Waals surface area contributed by atoms with Crippen molar-refractivity contribution in [3.05, 3.63) is 30.5 Å². The third-order valence-corrected chi connectivity index (χ3v) is 4.19. The van der Waals surface area contributed by atoms with Crippen LogP contribution in [0, 0.1) is 0 Å². The normalized spacial score (nSPS) is 16.4. The molecule has 1 aliphatic carbocycles. The summed E-state index contributed by atoms with van der Waals surface area (Å²) in [6.07, 6.45) is 8.14. The number of hydrogen-bond donors (Lipinski definition) is 1. The number of aromatic nitrogens is 2. The molecular weight excluding hydrogens is 250 g/mol. The Morgan fingerprint density at radius 1 is 1.15 bits per heavy atom. The fourth-order valence-electron chi connectivity index (χ4n) is 3.22. The van der Waals surface area contributed by atoms with Crippen molar-refractivity contribution in [3.63, 3.8) is 0 Å². The van der Waals surface area contributed by atoms with Gasteiger partial charge in [-0.05, 0) is 18.9 Å². The maximum Gasteiger partial charge on any atom is 0.0950 e. The SMILES string of the molecule is OCCN(c1cnnc2ccccc12)C1CCCCC1. The minimum Gasteiger partial charge on any atom is -0.395 e. The predicted octanol–water partition coefficient (Wildman–Crippen LogP) is 2.76. The third-order valence-electron chi connectivity index (χ3n) is 4.19. The van der Waals surface area contributed by atoms with Crippen molar-refractivity contribution in [3.8, 4) is 0 Å². The molecule has 0 radical (unpaired) electrons. The summed E-state index contributed by atoms with van der Waals surface area (Å²) in [5.41, 5.74) is 2.03. The highest BCUT2D eigenvalue weighted by Gasteiger charge is 2.22. The highest BCUT2D eigenvalue weighted by molar-refractivity contribution is 5.90. The second-order valence-corrected chi connectivity index (χ2v) is 5.46. The van der Waals surface area contributed by atoms with Crippen molar-refractivity contribution in [2.45, 2.75) is 38.1 Å². The quantitative estimate of drug-likeness (QED) is 0.929. The molecule has 1 saturated carbocycles. The Labute approximate surface area is 119 Å². The Bertz CT molecular complexity index is 561. The van der Waals surface area contributed by atoms with Gasteiger partial charge in [0, 0.05) is 18.0 Å². The van der Waals surface area contributed by atoms with Gasteiger partial charge in [-0.15, -0.1) is 0 Å². The molecule has 0 amide bonds. The van der Waals surface area contributed by atoms with Crippen LogP contribution in [0.25, 0.3) is 10.9 Å². The zero-order chi connectivity index (χ0) is 13.8. The van der Waals surface area contributed by atoms with Gasteiger partial charge in [-0.3, -0.25) is 0 Å². The molecule has 4 heteroatoms. The first-order chi connectivity index (χ1) is 9.90. The Morgan fingerprint density at radius 3 is 2.75 bits per heavy atom. The van der Waals surface area contributed by atoms with Gasteiger partial charge < -0.3 is 10.0 Å². The number of fused-ring (bicyclic) bond motifs is 1. The van der Waals surface area contributed by atoms with Crippen LogP contribution < -0.4 is 4.90 Å². The van der Waals surface area contributed by atoms with Gasteiger partial charge in [0.05, 0.1) is 24.0 Å². The van der Waals surface area contributed by atoms with Gasteiger partial charge >= 0.3 is 0 Å². The maximum atomic E-state index is 9.42. The molecule has 1 aromatic heterocycles. The number of nitrogens with zero attached hydrogens (tertiary/aromatic N) is 3. The van der Waals surface area contributed by atoms with E-state index in [4.69, 9.17) is 0 Å². The lowest BCUT2D eigenvalue weighted by Crippen LogP contribution is -2.39. The van der Waals surface area contributed by atoms with E-state index >= 15 is 0 Å². The van der Waals surface area contributed by atoms with Crippen LogP contribution in [0.1, 0.15) is 32.1 Å². The first-order valence-electron chi connectivity index (χ1n) is 7.48. The zero-order valence-electron chi connectivity index (χ0n) is 11.7. The van der Waals surface area contributed by atoms with E-state index in [-0.39, 0.29) is 6.61 Å². The van der Waals surface area contributed by atoms with Crippen molar-refractivity contribution in [2.24, 2.45) is 0 Å². The second-order valence-electron chi connectivity index (χ2n) is 5.46. The summed E-state index contributed by atoms with van der Waals surface area (Å²) < 4.78 is 0. The Kier molecular flexibility index (Phi) is 4.11. The van der Waals surface area contributed by atoms with Gasteiger partial charge in [-0.2, -0.15) is 10.2 Å². The first kappa shape index (κ1) is 13.3. The molecule has 1 N–H and O–H groups in total. The molecule has 1 heterocycles. The fourth-order valence-corrected chi connectivity index (χ4v) is 3.22. The molecule has 1 fully saturated rings. The summed E-state index contributed by atoms with van der Waals surface area (Å²) in [5.74, 6) is 0. The Hall–Kier alpha value is -1.68. The van der Waals surface area contributed by atoms with E-state index in [1.807, 2.05) is 24.4 Å². The standard InChI is InChI=1S/C16H21N3O/c20-11-10-19(13-6-2-1-3-7-13)16-12-17-18-15-9-5-4-8-14(15)16/h4-5,8-9,12-13,20H,1-3,6-7,10-11H2. The van der Waals surface area contributed by atoms with Crippen molar-refractivity contribution in [1.29, 1.82) is 0 Å². The molecule has 0 bridgehead atoms. The number of rotatable bonds is 4. The minimum absolute atomic E-state index is 0.174. The van der Waals surface area contributed by atoms with Gasteiger partial charge in [-0.25, -0.2) is 0 Å². The average Bonchev–Trinajstić information content (AvgIpc) is 2.53. The number of aliphatic hydroxyl groups excluding tert-OH is 1. The van der Waals surface area contributed by atoms with Gasteiger partial charge in [0.25, 0.3) is 0 Å². The van der Waals surface area contributed by atoms with Crippen LogP contribution in [0.4, 0.5) is 5.69 Å². The van der Waals surface area contributed by atoms with Crippen LogP contribution in [0.2, 0.25) is 0 Å². The minimum atomic E-state index is 0.174. The number of benzene rings is 1. The summed E-state index contributed by atoms with van der Waals surface area (Å²) in [6, 6.07) is 8.61. The molecule has 0 unspecified atom stereocenters. The van der Waals surface area contributed by atoms with Crippen LogP contribution in [0.15, 0.2) is 30.5 Å². The number of anilines is 1. The van der Waals surface area contributed by atoms with E-state index < -0.39 is 0 Å². The largest absolute Gasteiger partial charge is 0.395 e. The van der Waals surface area contributed by atoms with Crippen molar-refractivity contribution in [2.75, 3.05) is 18.1 Å². The van der Waals surface area contributed by atoms with Gasteiger partial charge in [0.15, 0.2) is 0 Å². The van der Waals surface area contributed by atoms with Gasteiger partial charge in [0.2, 0.25) is 0 Å². The van der Waals surface area contributed by atoms with E-state index in [0.29, 0.717) is 12.6 Å².